The zero-order valence-corrected chi connectivity index (χ0v) is 17.9. The molecule has 0 unspecified atom stereocenters. The quantitative estimate of drug-likeness (QED) is 0.659. The minimum atomic E-state index is 0.161. The largest absolute Gasteiger partial charge is 0.351 e. The molecule has 2 aliphatic rings. The Balaban J connectivity index is 1.38. The normalized spacial score (nSPS) is 17.2. The third kappa shape index (κ3) is 3.94. The molecule has 6 nitrogen and oxygen atoms in total. The Kier molecular flexibility index (Phi) is 5.21. The summed E-state index contributed by atoms with van der Waals surface area (Å²) in [6.45, 7) is 3.52. The maximum absolute atomic E-state index is 12.9. The van der Waals surface area contributed by atoms with Gasteiger partial charge >= 0.3 is 0 Å². The molecule has 1 aliphatic heterocycles. The maximum Gasteiger partial charge on any atom is 0.264 e. The molecule has 154 valence electrons. The maximum atomic E-state index is 12.9. The van der Waals surface area contributed by atoms with Crippen molar-refractivity contribution in [1.29, 1.82) is 0 Å². The number of pyridine rings is 1. The van der Waals surface area contributed by atoms with Gasteiger partial charge in [0.15, 0.2) is 0 Å². The Morgan fingerprint density at radius 2 is 1.90 bits per heavy atom. The average Bonchev–Trinajstić information content (AvgIpc) is 3.51. The molecule has 1 aliphatic carbocycles. The van der Waals surface area contributed by atoms with Crippen LogP contribution in [0.25, 0.3) is 11.1 Å². The lowest BCUT2D eigenvalue weighted by Crippen LogP contribution is -2.38. The summed E-state index contributed by atoms with van der Waals surface area (Å²) in [5.74, 6) is 1.19. The van der Waals surface area contributed by atoms with E-state index in [1.807, 2.05) is 41.6 Å². The number of hydrogen-bond donors (Lipinski definition) is 1. The van der Waals surface area contributed by atoms with Crippen molar-refractivity contribution in [2.45, 2.75) is 44.6 Å². The second-order valence-electron chi connectivity index (χ2n) is 8.15. The van der Waals surface area contributed by atoms with E-state index in [4.69, 9.17) is 4.98 Å². The van der Waals surface area contributed by atoms with Gasteiger partial charge in [-0.3, -0.25) is 9.78 Å². The molecule has 30 heavy (non-hydrogen) atoms. The van der Waals surface area contributed by atoms with Crippen LogP contribution in [0.4, 0.5) is 5.95 Å². The Bertz CT molecular complexity index is 1040. The highest BCUT2D eigenvalue weighted by Gasteiger charge is 2.29. The predicted octanol–water partition coefficient (Wildman–Crippen LogP) is 4.50. The molecule has 1 saturated carbocycles. The summed E-state index contributed by atoms with van der Waals surface area (Å²) in [5, 5.41) is 5.42. The molecule has 1 amide bonds. The molecule has 5 rings (SSSR count). The van der Waals surface area contributed by atoms with Gasteiger partial charge in [0.1, 0.15) is 0 Å². The molecule has 7 heteroatoms. The van der Waals surface area contributed by atoms with Crippen LogP contribution in [0.5, 0.6) is 0 Å². The van der Waals surface area contributed by atoms with E-state index in [2.05, 4.69) is 15.3 Å². The first-order valence-electron chi connectivity index (χ1n) is 10.6. The van der Waals surface area contributed by atoms with Crippen LogP contribution in [0.1, 0.15) is 52.5 Å². The third-order valence-corrected chi connectivity index (χ3v) is 6.95. The van der Waals surface area contributed by atoms with E-state index >= 15 is 0 Å². The van der Waals surface area contributed by atoms with E-state index < -0.39 is 0 Å². The zero-order chi connectivity index (χ0) is 20.5. The Morgan fingerprint density at radius 1 is 1.13 bits per heavy atom. The van der Waals surface area contributed by atoms with Crippen LogP contribution in [0.2, 0.25) is 0 Å². The number of aryl methyl sites for hydroxylation is 1. The summed E-state index contributed by atoms with van der Waals surface area (Å²) in [5.41, 5.74) is 4.31. The monoisotopic (exact) mass is 419 g/mol. The van der Waals surface area contributed by atoms with Gasteiger partial charge in [-0.1, -0.05) is 0 Å². The van der Waals surface area contributed by atoms with Crippen LogP contribution in [0, 0.1) is 6.92 Å². The van der Waals surface area contributed by atoms with Crippen LogP contribution in [-0.2, 0) is 0 Å². The molecule has 0 spiro atoms. The number of nitrogens with one attached hydrogen (secondary N) is 1. The van der Waals surface area contributed by atoms with Gasteiger partial charge in [0, 0.05) is 49.2 Å². The molecule has 4 heterocycles. The van der Waals surface area contributed by atoms with Crippen molar-refractivity contribution in [3.05, 3.63) is 58.3 Å². The lowest BCUT2D eigenvalue weighted by molar-refractivity contribution is 0.0716. The van der Waals surface area contributed by atoms with Crippen LogP contribution < -0.4 is 5.32 Å². The number of nitrogens with zero attached hydrogens (tertiary/aromatic N) is 4. The van der Waals surface area contributed by atoms with Gasteiger partial charge in [0.25, 0.3) is 5.91 Å². The van der Waals surface area contributed by atoms with Gasteiger partial charge < -0.3 is 10.2 Å². The summed E-state index contributed by atoms with van der Waals surface area (Å²) < 4.78 is 0. The zero-order valence-electron chi connectivity index (χ0n) is 17.0. The van der Waals surface area contributed by atoms with E-state index in [9.17, 15) is 4.79 Å². The number of hydrogen-bond acceptors (Lipinski definition) is 6. The Hall–Kier alpha value is -2.80. The molecular weight excluding hydrogens is 394 g/mol. The molecule has 3 aromatic heterocycles. The second kappa shape index (κ2) is 8.14. The molecule has 3 aromatic rings. The topological polar surface area (TPSA) is 71.0 Å². The minimum Gasteiger partial charge on any atom is -0.351 e. The molecule has 2 fully saturated rings. The first-order valence-corrected chi connectivity index (χ1v) is 11.4. The van der Waals surface area contributed by atoms with Gasteiger partial charge in [0.2, 0.25) is 5.95 Å². The molecule has 1 saturated heterocycles. The first-order chi connectivity index (χ1) is 14.7. The highest BCUT2D eigenvalue weighted by Crippen LogP contribution is 2.35. The van der Waals surface area contributed by atoms with E-state index in [-0.39, 0.29) is 5.91 Å². The number of piperidine rings is 1. The Labute approximate surface area is 180 Å². The Morgan fingerprint density at radius 3 is 2.57 bits per heavy atom. The molecule has 0 atom stereocenters. The van der Waals surface area contributed by atoms with Crippen LogP contribution in [0.15, 0.2) is 42.2 Å². The third-order valence-electron chi connectivity index (χ3n) is 5.95. The number of rotatable bonds is 5. The highest BCUT2D eigenvalue weighted by molar-refractivity contribution is 7.12. The number of thiophene rings is 1. The predicted molar refractivity (Wildman–Crippen MR) is 119 cm³/mol. The minimum absolute atomic E-state index is 0.161. The van der Waals surface area contributed by atoms with E-state index in [0.717, 1.165) is 59.1 Å². The standard InChI is InChI=1S/C23H25N5OS/c1-15-8-13-30-21(15)22(29)28-11-6-17(7-12-28)20-19(16-4-9-24-10-5-16)14-25-23(27-20)26-18-2-3-18/h4-5,8-10,13-14,17-18H,2-3,6-7,11-12H2,1H3,(H,25,26,27). The van der Waals surface area contributed by atoms with Crippen molar-refractivity contribution in [2.75, 3.05) is 18.4 Å². The van der Waals surface area contributed by atoms with Crippen LogP contribution in [0.3, 0.4) is 0 Å². The summed E-state index contributed by atoms with van der Waals surface area (Å²) in [7, 11) is 0. The van der Waals surface area contributed by atoms with Crippen molar-refractivity contribution in [1.82, 2.24) is 19.9 Å². The molecule has 0 radical (unpaired) electrons. The van der Waals surface area contributed by atoms with Crippen molar-refractivity contribution in [3.63, 3.8) is 0 Å². The summed E-state index contributed by atoms with van der Waals surface area (Å²) in [6, 6.07) is 6.54. The average molecular weight is 420 g/mol. The van der Waals surface area contributed by atoms with Gasteiger partial charge in [0.05, 0.1) is 10.6 Å². The van der Waals surface area contributed by atoms with Gasteiger partial charge in [-0.05, 0) is 67.3 Å². The van der Waals surface area contributed by atoms with Crippen LogP contribution >= 0.6 is 11.3 Å². The summed E-state index contributed by atoms with van der Waals surface area (Å²) >= 11 is 1.54. The van der Waals surface area contributed by atoms with Gasteiger partial charge in [-0.25, -0.2) is 9.97 Å². The summed E-state index contributed by atoms with van der Waals surface area (Å²) in [6.07, 6.45) is 9.75. The lowest BCUT2D eigenvalue weighted by atomic mass is 9.89. The van der Waals surface area contributed by atoms with E-state index in [1.54, 1.807) is 12.4 Å². The highest BCUT2D eigenvalue weighted by atomic mass is 32.1. The number of likely N-dealkylation sites (tertiary alicyclic amines) is 1. The molecule has 0 aromatic carbocycles. The van der Waals surface area contributed by atoms with E-state index in [1.165, 1.54) is 24.2 Å². The van der Waals surface area contributed by atoms with E-state index in [0.29, 0.717) is 12.0 Å². The molecular formula is C23H25N5OS. The molecule has 0 bridgehead atoms. The number of aromatic nitrogens is 3. The van der Waals surface area contributed by atoms with Crippen molar-refractivity contribution < 1.29 is 4.79 Å². The molecule has 1 N–H and O–H groups in total. The number of anilines is 1. The van der Waals surface area contributed by atoms with Gasteiger partial charge in [-0.2, -0.15) is 0 Å². The smallest absolute Gasteiger partial charge is 0.264 e. The fraction of sp³-hybridized carbons (Fsp3) is 0.391. The van der Waals surface area contributed by atoms with Crippen molar-refractivity contribution in [3.8, 4) is 11.1 Å². The summed E-state index contributed by atoms with van der Waals surface area (Å²) in [4.78, 5) is 29.4. The van der Waals surface area contributed by atoms with Gasteiger partial charge in [-0.15, -0.1) is 11.3 Å². The number of carbonyl (C=O) groups excluding carboxylic acids is 1. The van der Waals surface area contributed by atoms with Crippen LogP contribution in [-0.4, -0.2) is 44.9 Å². The lowest BCUT2D eigenvalue weighted by Gasteiger charge is -2.32. The van der Waals surface area contributed by atoms with Crippen molar-refractivity contribution >= 4 is 23.2 Å². The fourth-order valence-corrected chi connectivity index (χ4v) is 4.92. The number of carbonyl (C=O) groups is 1. The second-order valence-corrected chi connectivity index (χ2v) is 9.06. The SMILES string of the molecule is Cc1ccsc1C(=O)N1CCC(c2nc(NC3CC3)ncc2-c2ccncc2)CC1. The first kappa shape index (κ1) is 19.2. The van der Waals surface area contributed by atoms with Crippen molar-refractivity contribution in [2.24, 2.45) is 0 Å². The number of amides is 1. The fourth-order valence-electron chi connectivity index (χ4n) is 4.03.